The van der Waals surface area contributed by atoms with Crippen molar-refractivity contribution in [1.82, 2.24) is 39.7 Å². The van der Waals surface area contributed by atoms with Crippen LogP contribution in [0.4, 0.5) is 10.1 Å². The maximum absolute atomic E-state index is 15.0. The summed E-state index contributed by atoms with van der Waals surface area (Å²) in [5.74, 6) is 0.181. The Kier molecular flexibility index (Phi) is 4.41. The second-order valence-corrected chi connectivity index (χ2v) is 8.31. The summed E-state index contributed by atoms with van der Waals surface area (Å²) in [5, 5.41) is 8.09. The Morgan fingerprint density at radius 3 is 2.76 bits per heavy atom. The van der Waals surface area contributed by atoms with Crippen molar-refractivity contribution in [2.24, 2.45) is 0 Å². The Balaban J connectivity index is 1.51. The molecule has 34 heavy (non-hydrogen) atoms. The van der Waals surface area contributed by atoms with Crippen LogP contribution in [0.25, 0.3) is 50.4 Å². The van der Waals surface area contributed by atoms with Crippen LogP contribution in [0, 0.1) is 12.7 Å². The lowest BCUT2D eigenvalue weighted by molar-refractivity contribution is 0.632. The standard InChI is InChI=1S/C24H20FN9/c1-13-11-34(12-28-13)20-4-5-27-23-22(20)29-24(30-23)21-17-7-16(18(25)8-19(17)31-32-21)14-6-15(33(2)3)10-26-9-14/h4-12H,1-3H3,(H,31,32)(H,27,29,30). The van der Waals surface area contributed by atoms with Gasteiger partial charge in [0.05, 0.1) is 35.1 Å². The summed E-state index contributed by atoms with van der Waals surface area (Å²) < 4.78 is 16.9. The van der Waals surface area contributed by atoms with Crippen LogP contribution in [0.15, 0.2) is 55.4 Å². The first kappa shape index (κ1) is 20.0. The van der Waals surface area contributed by atoms with Crippen molar-refractivity contribution in [2.75, 3.05) is 19.0 Å². The molecule has 168 valence electrons. The van der Waals surface area contributed by atoms with Gasteiger partial charge in [-0.1, -0.05) is 0 Å². The normalized spacial score (nSPS) is 11.5. The summed E-state index contributed by atoms with van der Waals surface area (Å²) >= 11 is 0. The van der Waals surface area contributed by atoms with E-state index in [1.807, 2.05) is 48.8 Å². The summed E-state index contributed by atoms with van der Waals surface area (Å²) in [6, 6.07) is 7.03. The fourth-order valence-corrected chi connectivity index (χ4v) is 4.04. The predicted molar refractivity (Wildman–Crippen MR) is 128 cm³/mol. The molecule has 10 heteroatoms. The minimum absolute atomic E-state index is 0.357. The molecule has 0 aliphatic heterocycles. The molecule has 0 spiro atoms. The highest BCUT2D eigenvalue weighted by Crippen LogP contribution is 2.33. The van der Waals surface area contributed by atoms with E-state index in [1.54, 1.807) is 31.0 Å². The number of pyridine rings is 2. The van der Waals surface area contributed by atoms with Crippen molar-refractivity contribution in [3.8, 4) is 28.3 Å². The third-order valence-corrected chi connectivity index (χ3v) is 5.79. The zero-order valence-electron chi connectivity index (χ0n) is 18.7. The Morgan fingerprint density at radius 1 is 1.09 bits per heavy atom. The van der Waals surface area contributed by atoms with Gasteiger partial charge in [-0.3, -0.25) is 10.1 Å². The molecule has 0 amide bonds. The number of halogens is 1. The highest BCUT2D eigenvalue weighted by Gasteiger charge is 2.18. The predicted octanol–water partition coefficient (Wildman–Crippen LogP) is 4.26. The molecule has 0 fully saturated rings. The molecule has 0 radical (unpaired) electrons. The van der Waals surface area contributed by atoms with Crippen LogP contribution >= 0.6 is 0 Å². The molecule has 9 nitrogen and oxygen atoms in total. The lowest BCUT2D eigenvalue weighted by atomic mass is 10.0. The number of fused-ring (bicyclic) bond motifs is 2. The number of anilines is 1. The molecule has 1 aromatic carbocycles. The molecule has 5 heterocycles. The zero-order chi connectivity index (χ0) is 23.4. The molecule has 6 aromatic rings. The number of nitrogens with zero attached hydrogens (tertiary/aromatic N) is 7. The van der Waals surface area contributed by atoms with E-state index >= 15 is 4.39 Å². The van der Waals surface area contributed by atoms with Crippen LogP contribution in [0.2, 0.25) is 0 Å². The van der Waals surface area contributed by atoms with Gasteiger partial charge in [-0.2, -0.15) is 5.10 Å². The molecule has 6 rings (SSSR count). The second-order valence-electron chi connectivity index (χ2n) is 8.31. The minimum Gasteiger partial charge on any atom is -0.376 e. The lowest BCUT2D eigenvalue weighted by Crippen LogP contribution is -2.08. The van der Waals surface area contributed by atoms with Gasteiger partial charge in [-0.25, -0.2) is 19.3 Å². The monoisotopic (exact) mass is 453 g/mol. The third kappa shape index (κ3) is 3.19. The van der Waals surface area contributed by atoms with Gasteiger partial charge in [0.15, 0.2) is 11.5 Å². The SMILES string of the molecule is Cc1cn(-c2ccnc3nc(-c4n[nH]c5cc(F)c(-c6cncc(N(C)C)c6)cc45)[nH]c23)cn1. The number of H-pyrrole nitrogens is 2. The van der Waals surface area contributed by atoms with Crippen LogP contribution in [0.5, 0.6) is 0 Å². The van der Waals surface area contributed by atoms with Crippen LogP contribution < -0.4 is 4.90 Å². The highest BCUT2D eigenvalue weighted by molar-refractivity contribution is 5.96. The number of hydrogen-bond donors (Lipinski definition) is 2. The number of imidazole rings is 2. The van der Waals surface area contributed by atoms with Crippen LogP contribution in [0.1, 0.15) is 5.69 Å². The smallest absolute Gasteiger partial charge is 0.180 e. The minimum atomic E-state index is -0.357. The van der Waals surface area contributed by atoms with Gasteiger partial charge in [0.2, 0.25) is 0 Å². The van der Waals surface area contributed by atoms with Crippen LogP contribution in [-0.4, -0.2) is 53.8 Å². The van der Waals surface area contributed by atoms with Gasteiger partial charge < -0.3 is 14.5 Å². The largest absolute Gasteiger partial charge is 0.376 e. The quantitative estimate of drug-likeness (QED) is 0.413. The van der Waals surface area contributed by atoms with Crippen molar-refractivity contribution >= 4 is 27.8 Å². The summed E-state index contributed by atoms with van der Waals surface area (Å²) in [7, 11) is 3.84. The van der Waals surface area contributed by atoms with Gasteiger partial charge >= 0.3 is 0 Å². The molecular formula is C24H20FN9. The van der Waals surface area contributed by atoms with E-state index in [-0.39, 0.29) is 5.82 Å². The van der Waals surface area contributed by atoms with Crippen molar-refractivity contribution in [3.63, 3.8) is 0 Å². The second kappa shape index (κ2) is 7.48. The summed E-state index contributed by atoms with van der Waals surface area (Å²) in [6.07, 6.45) is 8.79. The molecular weight excluding hydrogens is 433 g/mol. The van der Waals surface area contributed by atoms with Gasteiger partial charge in [0, 0.05) is 55.3 Å². The number of aryl methyl sites for hydroxylation is 1. The molecule has 0 unspecified atom stereocenters. The molecule has 0 aliphatic carbocycles. The average Bonchev–Trinajstić information content (AvgIpc) is 3.55. The number of aromatic nitrogens is 8. The van der Waals surface area contributed by atoms with E-state index < -0.39 is 0 Å². The summed E-state index contributed by atoms with van der Waals surface area (Å²) in [4.78, 5) is 22.9. The van der Waals surface area contributed by atoms with Gasteiger partial charge in [-0.15, -0.1) is 0 Å². The Morgan fingerprint density at radius 2 is 1.97 bits per heavy atom. The molecule has 0 atom stereocenters. The van der Waals surface area contributed by atoms with Crippen molar-refractivity contribution in [2.45, 2.75) is 6.92 Å². The van der Waals surface area contributed by atoms with E-state index in [0.717, 1.165) is 28.0 Å². The van der Waals surface area contributed by atoms with Crippen LogP contribution in [0.3, 0.4) is 0 Å². The number of aromatic amines is 2. The first-order chi connectivity index (χ1) is 16.5. The van der Waals surface area contributed by atoms with E-state index in [9.17, 15) is 0 Å². The molecule has 0 saturated carbocycles. The topological polar surface area (TPSA) is 104 Å². The van der Waals surface area contributed by atoms with Gasteiger partial charge in [0.1, 0.15) is 17.0 Å². The summed E-state index contributed by atoms with van der Waals surface area (Å²) in [6.45, 7) is 1.93. The highest BCUT2D eigenvalue weighted by atomic mass is 19.1. The van der Waals surface area contributed by atoms with Gasteiger partial charge in [0.25, 0.3) is 0 Å². The number of nitrogens with one attached hydrogen (secondary N) is 2. The average molecular weight is 453 g/mol. The maximum Gasteiger partial charge on any atom is 0.180 e. The molecule has 0 aliphatic rings. The van der Waals surface area contributed by atoms with Crippen molar-refractivity contribution < 1.29 is 4.39 Å². The van der Waals surface area contributed by atoms with E-state index in [4.69, 9.17) is 0 Å². The first-order valence-corrected chi connectivity index (χ1v) is 10.6. The van der Waals surface area contributed by atoms with E-state index in [1.165, 1.54) is 6.07 Å². The Hall–Kier alpha value is -4.60. The lowest BCUT2D eigenvalue weighted by Gasteiger charge is -2.13. The van der Waals surface area contributed by atoms with E-state index in [2.05, 4.69) is 35.1 Å². The van der Waals surface area contributed by atoms with E-state index in [0.29, 0.717) is 33.8 Å². The maximum atomic E-state index is 15.0. The number of benzene rings is 1. The van der Waals surface area contributed by atoms with Gasteiger partial charge in [-0.05, 0) is 25.1 Å². The Labute approximate surface area is 193 Å². The summed E-state index contributed by atoms with van der Waals surface area (Å²) in [5.41, 5.74) is 6.27. The van der Waals surface area contributed by atoms with Crippen LogP contribution in [-0.2, 0) is 0 Å². The van der Waals surface area contributed by atoms with Crippen molar-refractivity contribution in [3.05, 3.63) is 66.9 Å². The zero-order valence-corrected chi connectivity index (χ0v) is 18.7. The third-order valence-electron chi connectivity index (χ3n) is 5.79. The number of rotatable bonds is 4. The molecule has 2 N–H and O–H groups in total. The number of hydrogen-bond acceptors (Lipinski definition) is 6. The Bertz CT molecular complexity index is 1680. The first-order valence-electron chi connectivity index (χ1n) is 10.6. The fourth-order valence-electron chi connectivity index (χ4n) is 4.04. The molecule has 0 bridgehead atoms. The fraction of sp³-hybridized carbons (Fsp3) is 0.125. The molecule has 5 aromatic heterocycles. The van der Waals surface area contributed by atoms with Crippen molar-refractivity contribution in [1.29, 1.82) is 0 Å². The molecule has 0 saturated heterocycles.